The minimum Gasteiger partial charge on any atom is -0.322 e. The average molecular weight is 235 g/mol. The van der Waals surface area contributed by atoms with Crippen LogP contribution in [-0.2, 0) is 6.54 Å². The number of hydrogen-bond donors (Lipinski definition) is 2. The van der Waals surface area contributed by atoms with E-state index in [1.807, 2.05) is 6.92 Å². The summed E-state index contributed by atoms with van der Waals surface area (Å²) in [7, 11) is 1.73. The fraction of sp³-hybridized carbons (Fsp3) is 0.462. The number of urea groups is 1. The molecular weight excluding hydrogens is 214 g/mol. The van der Waals surface area contributed by atoms with Crippen molar-refractivity contribution in [3.8, 4) is 0 Å². The number of carbonyl (C=O) groups is 1. The number of nitrogens with one attached hydrogen (secondary N) is 1. The van der Waals surface area contributed by atoms with Crippen molar-refractivity contribution >= 4 is 6.03 Å². The lowest BCUT2D eigenvalue weighted by Crippen LogP contribution is -2.40. The summed E-state index contributed by atoms with van der Waals surface area (Å²) in [5.74, 6) is 5.59. The minimum absolute atomic E-state index is 0.278. The van der Waals surface area contributed by atoms with Gasteiger partial charge in [0.1, 0.15) is 0 Å². The topological polar surface area (TPSA) is 58.4 Å². The molecule has 0 aromatic heterocycles. The summed E-state index contributed by atoms with van der Waals surface area (Å²) in [5, 5.41) is 0. The van der Waals surface area contributed by atoms with Gasteiger partial charge < -0.3 is 4.90 Å². The molecule has 2 amide bonds. The van der Waals surface area contributed by atoms with Crippen molar-refractivity contribution in [2.24, 2.45) is 5.84 Å². The zero-order valence-corrected chi connectivity index (χ0v) is 10.9. The molecule has 1 aromatic carbocycles. The number of hydrogen-bond acceptors (Lipinski definition) is 2. The second kappa shape index (κ2) is 5.68. The summed E-state index contributed by atoms with van der Waals surface area (Å²) in [6.07, 6.45) is 0. The maximum absolute atomic E-state index is 11.3. The lowest BCUT2D eigenvalue weighted by atomic mass is 9.98. The number of hydrazine groups is 1. The predicted molar refractivity (Wildman–Crippen MR) is 69.5 cm³/mol. The molecule has 4 nitrogen and oxygen atoms in total. The second-order valence-electron chi connectivity index (χ2n) is 4.65. The van der Waals surface area contributed by atoms with Crippen LogP contribution >= 0.6 is 0 Å². The van der Waals surface area contributed by atoms with Crippen LogP contribution in [-0.4, -0.2) is 18.0 Å². The van der Waals surface area contributed by atoms with Crippen LogP contribution in [0.25, 0.3) is 0 Å². The number of amides is 2. The first kappa shape index (κ1) is 13.5. The Morgan fingerprint density at radius 3 is 2.65 bits per heavy atom. The number of carbonyl (C=O) groups excluding carboxylic acids is 1. The van der Waals surface area contributed by atoms with Gasteiger partial charge in [-0.15, -0.1) is 0 Å². The molecule has 0 aliphatic rings. The maximum Gasteiger partial charge on any atom is 0.331 e. The van der Waals surface area contributed by atoms with Crippen LogP contribution in [0.4, 0.5) is 4.79 Å². The smallest absolute Gasteiger partial charge is 0.322 e. The molecule has 0 bridgehead atoms. The number of nitrogens with zero attached hydrogens (tertiary/aromatic N) is 1. The Morgan fingerprint density at radius 1 is 1.47 bits per heavy atom. The van der Waals surface area contributed by atoms with Gasteiger partial charge in [-0.05, 0) is 29.5 Å². The molecule has 0 aliphatic heterocycles. The SMILES string of the molecule is Cc1ccc(C(C)C)cc1CN(C)C(=O)NN. The van der Waals surface area contributed by atoms with E-state index in [4.69, 9.17) is 5.84 Å². The molecule has 1 rings (SSSR count). The van der Waals surface area contributed by atoms with Crippen LogP contribution in [0, 0.1) is 6.92 Å². The Morgan fingerprint density at radius 2 is 2.12 bits per heavy atom. The van der Waals surface area contributed by atoms with Gasteiger partial charge >= 0.3 is 6.03 Å². The van der Waals surface area contributed by atoms with Gasteiger partial charge in [-0.2, -0.15) is 0 Å². The summed E-state index contributed by atoms with van der Waals surface area (Å²) in [5.41, 5.74) is 5.75. The third kappa shape index (κ3) is 3.46. The van der Waals surface area contributed by atoms with Crippen molar-refractivity contribution in [1.29, 1.82) is 0 Å². The van der Waals surface area contributed by atoms with Crippen molar-refractivity contribution < 1.29 is 4.79 Å². The summed E-state index contributed by atoms with van der Waals surface area (Å²) < 4.78 is 0. The Kier molecular flexibility index (Phi) is 4.52. The first-order valence-electron chi connectivity index (χ1n) is 5.76. The van der Waals surface area contributed by atoms with Crippen molar-refractivity contribution in [1.82, 2.24) is 10.3 Å². The fourth-order valence-corrected chi connectivity index (χ4v) is 1.66. The van der Waals surface area contributed by atoms with E-state index in [0.717, 1.165) is 5.56 Å². The summed E-state index contributed by atoms with van der Waals surface area (Å²) in [6.45, 7) is 6.93. The van der Waals surface area contributed by atoms with E-state index < -0.39 is 0 Å². The van der Waals surface area contributed by atoms with Crippen LogP contribution in [0.2, 0.25) is 0 Å². The summed E-state index contributed by atoms with van der Waals surface area (Å²) in [4.78, 5) is 12.9. The Balaban J connectivity index is 2.89. The number of rotatable bonds is 3. The molecule has 0 saturated carbocycles. The molecule has 17 heavy (non-hydrogen) atoms. The molecule has 1 aromatic rings. The highest BCUT2D eigenvalue weighted by atomic mass is 16.2. The highest BCUT2D eigenvalue weighted by Gasteiger charge is 2.10. The fourth-order valence-electron chi connectivity index (χ4n) is 1.66. The van der Waals surface area contributed by atoms with E-state index in [0.29, 0.717) is 12.5 Å². The van der Waals surface area contributed by atoms with Gasteiger partial charge in [-0.3, -0.25) is 5.43 Å². The van der Waals surface area contributed by atoms with Gasteiger partial charge in [0.25, 0.3) is 0 Å². The molecule has 0 spiro atoms. The van der Waals surface area contributed by atoms with Crippen molar-refractivity contribution in [2.75, 3.05) is 7.05 Å². The molecule has 0 radical (unpaired) electrons. The monoisotopic (exact) mass is 235 g/mol. The van der Waals surface area contributed by atoms with Gasteiger partial charge in [0.05, 0.1) is 0 Å². The lowest BCUT2D eigenvalue weighted by Gasteiger charge is -2.19. The standard InChI is InChI=1S/C13H21N3O/c1-9(2)11-6-5-10(3)12(7-11)8-16(4)13(17)15-14/h5-7,9H,8,14H2,1-4H3,(H,15,17). The predicted octanol–water partition coefficient (Wildman–Crippen LogP) is 2.13. The second-order valence-corrected chi connectivity index (χ2v) is 4.65. The first-order valence-corrected chi connectivity index (χ1v) is 5.76. The van der Waals surface area contributed by atoms with Crippen LogP contribution < -0.4 is 11.3 Å². The lowest BCUT2D eigenvalue weighted by molar-refractivity contribution is 0.207. The first-order chi connectivity index (χ1) is 7.95. The van der Waals surface area contributed by atoms with Gasteiger partial charge in [0.2, 0.25) is 0 Å². The third-order valence-corrected chi connectivity index (χ3v) is 2.92. The Labute approximate surface area is 103 Å². The average Bonchev–Trinajstić information content (AvgIpc) is 2.30. The van der Waals surface area contributed by atoms with Crippen LogP contribution in [0.3, 0.4) is 0 Å². The molecule has 4 heteroatoms. The van der Waals surface area contributed by atoms with Crippen molar-refractivity contribution in [3.63, 3.8) is 0 Å². The van der Waals surface area contributed by atoms with E-state index in [1.54, 1.807) is 11.9 Å². The van der Waals surface area contributed by atoms with E-state index in [-0.39, 0.29) is 6.03 Å². The third-order valence-electron chi connectivity index (χ3n) is 2.92. The quantitative estimate of drug-likeness (QED) is 0.479. The minimum atomic E-state index is -0.278. The largest absolute Gasteiger partial charge is 0.331 e. The molecule has 0 unspecified atom stereocenters. The zero-order valence-electron chi connectivity index (χ0n) is 10.9. The van der Waals surface area contributed by atoms with Crippen LogP contribution in [0.1, 0.15) is 36.5 Å². The van der Waals surface area contributed by atoms with E-state index in [2.05, 4.69) is 37.5 Å². The van der Waals surface area contributed by atoms with Gasteiger partial charge in [0, 0.05) is 13.6 Å². The van der Waals surface area contributed by atoms with E-state index in [1.165, 1.54) is 11.1 Å². The van der Waals surface area contributed by atoms with Gasteiger partial charge in [-0.25, -0.2) is 10.6 Å². The number of aryl methyl sites for hydroxylation is 1. The molecule has 94 valence electrons. The van der Waals surface area contributed by atoms with Crippen LogP contribution in [0.5, 0.6) is 0 Å². The van der Waals surface area contributed by atoms with Gasteiger partial charge in [-0.1, -0.05) is 32.0 Å². The number of nitrogens with two attached hydrogens (primary N) is 1. The molecule has 0 aliphatic carbocycles. The van der Waals surface area contributed by atoms with Crippen molar-refractivity contribution in [2.45, 2.75) is 33.2 Å². The molecule has 0 atom stereocenters. The number of benzene rings is 1. The highest BCUT2D eigenvalue weighted by molar-refractivity contribution is 5.73. The Bertz CT molecular complexity index is 402. The normalized spacial score (nSPS) is 10.5. The van der Waals surface area contributed by atoms with Crippen LogP contribution in [0.15, 0.2) is 18.2 Å². The van der Waals surface area contributed by atoms with E-state index in [9.17, 15) is 4.79 Å². The van der Waals surface area contributed by atoms with Gasteiger partial charge in [0.15, 0.2) is 0 Å². The molecular formula is C13H21N3O. The molecule has 3 N–H and O–H groups in total. The van der Waals surface area contributed by atoms with Crippen molar-refractivity contribution in [3.05, 3.63) is 34.9 Å². The highest BCUT2D eigenvalue weighted by Crippen LogP contribution is 2.19. The maximum atomic E-state index is 11.3. The molecule has 0 heterocycles. The zero-order chi connectivity index (χ0) is 13.0. The molecule has 0 fully saturated rings. The summed E-state index contributed by atoms with van der Waals surface area (Å²) >= 11 is 0. The summed E-state index contributed by atoms with van der Waals surface area (Å²) in [6, 6.07) is 6.10. The molecule has 0 saturated heterocycles. The van der Waals surface area contributed by atoms with E-state index >= 15 is 0 Å². The Hall–Kier alpha value is -1.55.